The van der Waals surface area contributed by atoms with Gasteiger partial charge in [0.15, 0.2) is 0 Å². The molecule has 0 saturated carbocycles. The smallest absolute Gasteiger partial charge is 0.346 e. The van der Waals surface area contributed by atoms with Crippen LogP contribution in [0, 0.1) is 0 Å². The fourth-order valence-corrected chi connectivity index (χ4v) is 3.93. The van der Waals surface area contributed by atoms with E-state index >= 15 is 0 Å². The molecule has 7 heteroatoms. The molecule has 0 bridgehead atoms. The number of hydrogen-bond acceptors (Lipinski definition) is 4. The van der Waals surface area contributed by atoms with Crippen molar-refractivity contribution in [2.75, 3.05) is 6.54 Å². The highest BCUT2D eigenvalue weighted by atomic mass is 32.2. The highest BCUT2D eigenvalue weighted by Crippen LogP contribution is 2.31. The minimum Gasteiger partial charge on any atom is -0.477 e. The summed E-state index contributed by atoms with van der Waals surface area (Å²) in [4.78, 5) is 11.1. The molecule has 0 saturated heterocycles. The lowest BCUT2D eigenvalue weighted by Gasteiger charge is -2.02. The van der Waals surface area contributed by atoms with Crippen molar-refractivity contribution in [2.45, 2.75) is 30.9 Å². The maximum Gasteiger partial charge on any atom is 0.346 e. The number of nitrogens with one attached hydrogen (secondary N) is 1. The molecular formula is C10H15NO4S2. The Morgan fingerprint density at radius 3 is 2.47 bits per heavy atom. The number of carbonyl (C=O) groups is 1. The molecule has 2 N–H and O–H groups in total. The number of carboxylic acids is 1. The molecule has 96 valence electrons. The second kappa shape index (κ2) is 5.16. The van der Waals surface area contributed by atoms with Crippen molar-refractivity contribution in [1.29, 1.82) is 0 Å². The standard InChI is InChI=1S/C10H15NO4S2/c1-4-11-17(14,15)8-5-7(6(2)3)9(16-8)10(12)13/h5-6,11H,4H2,1-3H3,(H,12,13). The Kier molecular flexibility index (Phi) is 4.29. The largest absolute Gasteiger partial charge is 0.477 e. The van der Waals surface area contributed by atoms with Gasteiger partial charge in [0.25, 0.3) is 0 Å². The summed E-state index contributed by atoms with van der Waals surface area (Å²) in [6.07, 6.45) is 0. The molecule has 1 aromatic rings. The normalized spacial score (nSPS) is 12.0. The summed E-state index contributed by atoms with van der Waals surface area (Å²) in [5, 5.41) is 9.02. The van der Waals surface area contributed by atoms with Gasteiger partial charge < -0.3 is 5.11 Å². The molecule has 0 aliphatic carbocycles. The van der Waals surface area contributed by atoms with Crippen LogP contribution >= 0.6 is 11.3 Å². The average molecular weight is 277 g/mol. The molecule has 0 aromatic carbocycles. The summed E-state index contributed by atoms with van der Waals surface area (Å²) in [5.74, 6) is -1.11. The zero-order valence-corrected chi connectivity index (χ0v) is 11.5. The fourth-order valence-electron chi connectivity index (χ4n) is 1.37. The highest BCUT2D eigenvalue weighted by molar-refractivity contribution is 7.91. The molecule has 17 heavy (non-hydrogen) atoms. The summed E-state index contributed by atoms with van der Waals surface area (Å²) in [7, 11) is -3.57. The quantitative estimate of drug-likeness (QED) is 0.860. The minimum atomic E-state index is -3.57. The maximum atomic E-state index is 11.7. The maximum absolute atomic E-state index is 11.7. The van der Waals surface area contributed by atoms with Gasteiger partial charge in [-0.15, -0.1) is 11.3 Å². The molecule has 0 aliphatic heterocycles. The zero-order valence-electron chi connectivity index (χ0n) is 9.85. The van der Waals surface area contributed by atoms with Gasteiger partial charge in [-0.2, -0.15) is 0 Å². The van der Waals surface area contributed by atoms with E-state index in [0.717, 1.165) is 11.3 Å². The van der Waals surface area contributed by atoms with Gasteiger partial charge >= 0.3 is 5.97 Å². The van der Waals surface area contributed by atoms with Crippen molar-refractivity contribution < 1.29 is 18.3 Å². The van der Waals surface area contributed by atoms with Crippen LogP contribution in [0.3, 0.4) is 0 Å². The number of rotatable bonds is 5. The van der Waals surface area contributed by atoms with Gasteiger partial charge in [0.2, 0.25) is 10.0 Å². The van der Waals surface area contributed by atoms with E-state index in [1.54, 1.807) is 6.92 Å². The van der Waals surface area contributed by atoms with E-state index in [1.807, 2.05) is 13.8 Å². The third-order valence-electron chi connectivity index (χ3n) is 2.15. The molecule has 0 amide bonds. The average Bonchev–Trinajstić information content (AvgIpc) is 2.62. The topological polar surface area (TPSA) is 83.5 Å². The third-order valence-corrected chi connectivity index (χ3v) is 5.31. The lowest BCUT2D eigenvalue weighted by molar-refractivity contribution is 0.0700. The van der Waals surface area contributed by atoms with Crippen molar-refractivity contribution in [1.82, 2.24) is 4.72 Å². The number of sulfonamides is 1. The van der Waals surface area contributed by atoms with Crippen LogP contribution in [0.25, 0.3) is 0 Å². The third kappa shape index (κ3) is 3.05. The van der Waals surface area contributed by atoms with Crippen molar-refractivity contribution in [3.05, 3.63) is 16.5 Å². The molecule has 0 spiro atoms. The van der Waals surface area contributed by atoms with Crippen LogP contribution in [-0.4, -0.2) is 26.0 Å². The molecule has 0 aliphatic rings. The van der Waals surface area contributed by atoms with Gasteiger partial charge in [-0.1, -0.05) is 20.8 Å². The summed E-state index contributed by atoms with van der Waals surface area (Å²) < 4.78 is 25.9. The van der Waals surface area contributed by atoms with Crippen LogP contribution in [0.1, 0.15) is 41.9 Å². The second-order valence-electron chi connectivity index (χ2n) is 3.81. The molecular weight excluding hydrogens is 262 g/mol. The molecule has 1 rings (SSSR count). The second-order valence-corrected chi connectivity index (χ2v) is 6.86. The van der Waals surface area contributed by atoms with Gasteiger partial charge in [0.05, 0.1) is 0 Å². The Balaban J connectivity index is 3.31. The van der Waals surface area contributed by atoms with E-state index in [-0.39, 0.29) is 21.5 Å². The fraction of sp³-hybridized carbons (Fsp3) is 0.500. The summed E-state index contributed by atoms with van der Waals surface area (Å²) in [6.45, 7) is 5.61. The van der Waals surface area contributed by atoms with Gasteiger partial charge in [0, 0.05) is 6.54 Å². The van der Waals surface area contributed by atoms with E-state index in [9.17, 15) is 13.2 Å². The minimum absolute atomic E-state index is 0.0251. The van der Waals surface area contributed by atoms with Gasteiger partial charge in [0.1, 0.15) is 9.09 Å². The number of hydrogen-bond donors (Lipinski definition) is 2. The van der Waals surface area contributed by atoms with E-state index in [4.69, 9.17) is 5.11 Å². The van der Waals surface area contributed by atoms with E-state index in [2.05, 4.69) is 4.72 Å². The van der Waals surface area contributed by atoms with E-state index < -0.39 is 16.0 Å². The zero-order chi connectivity index (χ0) is 13.2. The van der Waals surface area contributed by atoms with Crippen molar-refractivity contribution in [3.8, 4) is 0 Å². The van der Waals surface area contributed by atoms with Gasteiger partial charge in [-0.3, -0.25) is 0 Å². The first-order valence-electron chi connectivity index (χ1n) is 5.16. The summed E-state index contributed by atoms with van der Waals surface area (Å²) in [5.41, 5.74) is 0.555. The predicted octanol–water partition coefficient (Wildman–Crippen LogP) is 1.87. The van der Waals surface area contributed by atoms with Crippen LogP contribution in [0.4, 0.5) is 0 Å². The highest BCUT2D eigenvalue weighted by Gasteiger charge is 2.23. The molecule has 5 nitrogen and oxygen atoms in total. The van der Waals surface area contributed by atoms with Crippen LogP contribution in [0.5, 0.6) is 0 Å². The Labute approximate surface area is 105 Å². The SMILES string of the molecule is CCNS(=O)(=O)c1cc(C(C)C)c(C(=O)O)s1. The molecule has 1 heterocycles. The van der Waals surface area contributed by atoms with Crippen LogP contribution in [-0.2, 0) is 10.0 Å². The van der Waals surface area contributed by atoms with Gasteiger partial charge in [-0.05, 0) is 17.5 Å². The Bertz CT molecular complexity index is 516. The molecule has 0 radical (unpaired) electrons. The van der Waals surface area contributed by atoms with Crippen LogP contribution in [0.15, 0.2) is 10.3 Å². The predicted molar refractivity (Wildman–Crippen MR) is 66.2 cm³/mol. The number of aromatic carboxylic acids is 1. The van der Waals surface area contributed by atoms with Crippen LogP contribution in [0.2, 0.25) is 0 Å². The number of thiophene rings is 1. The van der Waals surface area contributed by atoms with E-state index in [0.29, 0.717) is 5.56 Å². The molecule has 0 fully saturated rings. The van der Waals surface area contributed by atoms with Crippen molar-refractivity contribution >= 4 is 27.3 Å². The van der Waals surface area contributed by atoms with Gasteiger partial charge in [-0.25, -0.2) is 17.9 Å². The van der Waals surface area contributed by atoms with Crippen molar-refractivity contribution in [3.63, 3.8) is 0 Å². The first-order chi connectivity index (χ1) is 7.79. The first-order valence-corrected chi connectivity index (χ1v) is 7.46. The monoisotopic (exact) mass is 277 g/mol. The lowest BCUT2D eigenvalue weighted by atomic mass is 10.0. The van der Waals surface area contributed by atoms with Crippen molar-refractivity contribution in [2.24, 2.45) is 0 Å². The Hall–Kier alpha value is -0.920. The number of carboxylic acid groups (broad SMARTS) is 1. The van der Waals surface area contributed by atoms with Crippen LogP contribution < -0.4 is 4.72 Å². The van der Waals surface area contributed by atoms with E-state index in [1.165, 1.54) is 6.07 Å². The first kappa shape index (κ1) is 14.1. The molecule has 0 atom stereocenters. The molecule has 1 aromatic heterocycles. The lowest BCUT2D eigenvalue weighted by Crippen LogP contribution is -2.22. The Morgan fingerprint density at radius 2 is 2.12 bits per heavy atom. The summed E-state index contributed by atoms with van der Waals surface area (Å²) in [6, 6.07) is 1.44. The molecule has 0 unspecified atom stereocenters. The summed E-state index contributed by atoms with van der Waals surface area (Å²) >= 11 is 0.793. The Morgan fingerprint density at radius 1 is 1.53 bits per heavy atom.